The molecular weight excluding hydrogens is 376 g/mol. The van der Waals surface area contributed by atoms with Crippen molar-refractivity contribution in [1.29, 1.82) is 0 Å². The van der Waals surface area contributed by atoms with E-state index in [2.05, 4.69) is 41.3 Å². The highest BCUT2D eigenvalue weighted by molar-refractivity contribution is 5.78. The Hall–Kier alpha value is -2.21. The summed E-state index contributed by atoms with van der Waals surface area (Å²) < 4.78 is 5.49. The standard InChI is InChI=1S/C24H36N4O2/c1-2-3-4-5-6-7-8-9-10-19-11-13-20(14-12-19)23-26-24(30-27-23)21-15-16-28(18-21)22(29)17-25/h11-14,21H,2-10,15-18,25H2,1H3. The third-order valence-electron chi connectivity index (χ3n) is 6.04. The van der Waals surface area contributed by atoms with Crippen molar-refractivity contribution in [1.82, 2.24) is 15.0 Å². The Morgan fingerprint density at radius 3 is 2.50 bits per heavy atom. The van der Waals surface area contributed by atoms with Crippen LogP contribution in [0, 0.1) is 0 Å². The molecule has 1 fully saturated rings. The number of nitrogens with zero attached hydrogens (tertiary/aromatic N) is 3. The van der Waals surface area contributed by atoms with Gasteiger partial charge in [-0.1, -0.05) is 81.3 Å². The van der Waals surface area contributed by atoms with E-state index in [1.54, 1.807) is 4.90 Å². The summed E-state index contributed by atoms with van der Waals surface area (Å²) in [6, 6.07) is 8.49. The van der Waals surface area contributed by atoms with Gasteiger partial charge in [0.2, 0.25) is 17.6 Å². The van der Waals surface area contributed by atoms with Crippen LogP contribution in [0.15, 0.2) is 28.8 Å². The molecule has 2 aromatic rings. The number of carbonyl (C=O) groups is 1. The number of amides is 1. The first-order valence-corrected chi connectivity index (χ1v) is 11.6. The summed E-state index contributed by atoms with van der Waals surface area (Å²) in [4.78, 5) is 18.1. The molecule has 0 aliphatic carbocycles. The molecule has 1 aliphatic heterocycles. The normalized spacial score (nSPS) is 16.3. The quantitative estimate of drug-likeness (QED) is 0.511. The third-order valence-corrected chi connectivity index (χ3v) is 6.04. The van der Waals surface area contributed by atoms with Crippen LogP contribution in [0.5, 0.6) is 0 Å². The van der Waals surface area contributed by atoms with Crippen LogP contribution in [-0.2, 0) is 11.2 Å². The lowest BCUT2D eigenvalue weighted by atomic mass is 10.0. The molecule has 1 saturated heterocycles. The lowest BCUT2D eigenvalue weighted by Gasteiger charge is -2.13. The molecule has 2 heterocycles. The molecule has 0 radical (unpaired) electrons. The maximum Gasteiger partial charge on any atom is 0.236 e. The number of benzene rings is 1. The van der Waals surface area contributed by atoms with Crippen molar-refractivity contribution in [2.45, 2.75) is 77.0 Å². The minimum absolute atomic E-state index is 0.0238. The van der Waals surface area contributed by atoms with Crippen LogP contribution < -0.4 is 5.73 Å². The van der Waals surface area contributed by atoms with Crippen LogP contribution in [0.3, 0.4) is 0 Å². The van der Waals surface area contributed by atoms with E-state index < -0.39 is 0 Å². The van der Waals surface area contributed by atoms with Crippen molar-refractivity contribution < 1.29 is 9.32 Å². The van der Waals surface area contributed by atoms with Crippen LogP contribution in [0.25, 0.3) is 11.4 Å². The van der Waals surface area contributed by atoms with Crippen LogP contribution in [0.1, 0.15) is 82.1 Å². The van der Waals surface area contributed by atoms with E-state index in [-0.39, 0.29) is 18.4 Å². The highest BCUT2D eigenvalue weighted by Gasteiger charge is 2.30. The fourth-order valence-electron chi connectivity index (χ4n) is 4.12. The van der Waals surface area contributed by atoms with Crippen LogP contribution in [0.4, 0.5) is 0 Å². The number of rotatable bonds is 12. The zero-order chi connectivity index (χ0) is 21.2. The van der Waals surface area contributed by atoms with Gasteiger partial charge in [0.15, 0.2) is 0 Å². The van der Waals surface area contributed by atoms with Gasteiger partial charge in [0.25, 0.3) is 0 Å². The molecule has 0 bridgehead atoms. The molecule has 6 heteroatoms. The van der Waals surface area contributed by atoms with E-state index in [1.807, 2.05) is 0 Å². The van der Waals surface area contributed by atoms with Crippen LogP contribution in [-0.4, -0.2) is 40.6 Å². The number of aryl methyl sites for hydroxylation is 1. The number of aromatic nitrogens is 2. The van der Waals surface area contributed by atoms with E-state index in [4.69, 9.17) is 10.3 Å². The number of carbonyl (C=O) groups excluding carboxylic acids is 1. The number of hydrogen-bond acceptors (Lipinski definition) is 5. The summed E-state index contributed by atoms with van der Waals surface area (Å²) >= 11 is 0. The average Bonchev–Trinajstić information content (AvgIpc) is 3.45. The van der Waals surface area contributed by atoms with Gasteiger partial charge in [-0.25, -0.2) is 0 Å². The van der Waals surface area contributed by atoms with E-state index in [9.17, 15) is 4.79 Å². The molecule has 1 amide bonds. The molecule has 1 aromatic heterocycles. The van der Waals surface area contributed by atoms with Gasteiger partial charge in [0, 0.05) is 18.7 Å². The van der Waals surface area contributed by atoms with Gasteiger partial charge in [-0.05, 0) is 24.8 Å². The van der Waals surface area contributed by atoms with Crippen molar-refractivity contribution >= 4 is 5.91 Å². The molecule has 0 saturated carbocycles. The van der Waals surface area contributed by atoms with Gasteiger partial charge in [-0.2, -0.15) is 4.98 Å². The van der Waals surface area contributed by atoms with E-state index in [0.29, 0.717) is 24.8 Å². The van der Waals surface area contributed by atoms with Gasteiger partial charge in [-0.3, -0.25) is 4.79 Å². The third kappa shape index (κ3) is 6.39. The van der Waals surface area contributed by atoms with Gasteiger partial charge < -0.3 is 15.2 Å². The lowest BCUT2D eigenvalue weighted by Crippen LogP contribution is -2.33. The fourth-order valence-corrected chi connectivity index (χ4v) is 4.12. The van der Waals surface area contributed by atoms with Crippen molar-refractivity contribution in [3.8, 4) is 11.4 Å². The highest BCUT2D eigenvalue weighted by atomic mass is 16.5. The predicted molar refractivity (Wildman–Crippen MR) is 119 cm³/mol. The van der Waals surface area contributed by atoms with Gasteiger partial charge in [-0.15, -0.1) is 0 Å². The average molecular weight is 413 g/mol. The maximum atomic E-state index is 11.7. The monoisotopic (exact) mass is 412 g/mol. The maximum absolute atomic E-state index is 11.7. The van der Waals surface area contributed by atoms with Gasteiger partial charge in [0.05, 0.1) is 12.5 Å². The van der Waals surface area contributed by atoms with Gasteiger partial charge >= 0.3 is 0 Å². The van der Waals surface area contributed by atoms with Crippen molar-refractivity contribution in [3.05, 3.63) is 35.7 Å². The first-order valence-electron chi connectivity index (χ1n) is 11.6. The Labute approximate surface area is 180 Å². The molecule has 6 nitrogen and oxygen atoms in total. The molecule has 1 aromatic carbocycles. The largest absolute Gasteiger partial charge is 0.341 e. The number of unbranched alkanes of at least 4 members (excludes halogenated alkanes) is 7. The summed E-state index contributed by atoms with van der Waals surface area (Å²) in [5.41, 5.74) is 7.78. The second kappa shape index (κ2) is 11.8. The first-order chi connectivity index (χ1) is 14.7. The first kappa shape index (κ1) is 22.5. The molecule has 1 unspecified atom stereocenters. The second-order valence-electron chi connectivity index (χ2n) is 8.41. The summed E-state index contributed by atoms with van der Waals surface area (Å²) in [7, 11) is 0. The molecular formula is C24H36N4O2. The fraction of sp³-hybridized carbons (Fsp3) is 0.625. The topological polar surface area (TPSA) is 85.2 Å². The summed E-state index contributed by atoms with van der Waals surface area (Å²) in [6.07, 6.45) is 12.7. The number of hydrogen-bond donors (Lipinski definition) is 1. The van der Waals surface area contributed by atoms with Crippen molar-refractivity contribution in [2.75, 3.05) is 19.6 Å². The Morgan fingerprint density at radius 2 is 1.80 bits per heavy atom. The van der Waals surface area contributed by atoms with Crippen molar-refractivity contribution in [2.24, 2.45) is 5.73 Å². The van der Waals surface area contributed by atoms with E-state index in [1.165, 1.54) is 56.9 Å². The van der Waals surface area contributed by atoms with E-state index >= 15 is 0 Å². The molecule has 164 valence electrons. The minimum Gasteiger partial charge on any atom is -0.341 e. The molecule has 0 spiro atoms. The second-order valence-corrected chi connectivity index (χ2v) is 8.41. The smallest absolute Gasteiger partial charge is 0.236 e. The van der Waals surface area contributed by atoms with E-state index in [0.717, 1.165) is 18.4 Å². The Morgan fingerprint density at radius 1 is 1.10 bits per heavy atom. The summed E-state index contributed by atoms with van der Waals surface area (Å²) in [5, 5.41) is 4.15. The molecule has 1 aliphatic rings. The highest BCUT2D eigenvalue weighted by Crippen LogP contribution is 2.28. The number of nitrogens with two attached hydrogens (primary N) is 1. The minimum atomic E-state index is -0.0238. The summed E-state index contributed by atoms with van der Waals surface area (Å²) in [6.45, 7) is 3.62. The Balaban J connectivity index is 1.43. The molecule has 1 atom stereocenters. The van der Waals surface area contributed by atoms with Gasteiger partial charge in [0.1, 0.15) is 0 Å². The SMILES string of the molecule is CCCCCCCCCCc1ccc(-c2noc(C3CCN(C(=O)CN)C3)n2)cc1. The molecule has 30 heavy (non-hydrogen) atoms. The zero-order valence-electron chi connectivity index (χ0n) is 18.3. The zero-order valence-corrected chi connectivity index (χ0v) is 18.3. The summed E-state index contributed by atoms with van der Waals surface area (Å²) in [5.74, 6) is 1.31. The predicted octanol–water partition coefficient (Wildman–Crippen LogP) is 4.69. The number of likely N-dealkylation sites (tertiary alicyclic amines) is 1. The van der Waals surface area contributed by atoms with Crippen LogP contribution in [0.2, 0.25) is 0 Å². The van der Waals surface area contributed by atoms with Crippen LogP contribution >= 0.6 is 0 Å². The lowest BCUT2D eigenvalue weighted by molar-refractivity contribution is -0.128. The molecule has 3 rings (SSSR count). The Bertz CT molecular complexity index is 772. The Kier molecular flexibility index (Phi) is 8.87. The molecule has 2 N–H and O–H groups in total. The van der Waals surface area contributed by atoms with Crippen molar-refractivity contribution in [3.63, 3.8) is 0 Å².